The fraction of sp³-hybridized carbons (Fsp3) is 0.500. The highest BCUT2D eigenvalue weighted by molar-refractivity contribution is 6.32. The molecule has 0 aliphatic heterocycles. The van der Waals surface area contributed by atoms with Crippen LogP contribution in [0.25, 0.3) is 0 Å². The molecule has 1 fully saturated rings. The van der Waals surface area contributed by atoms with Gasteiger partial charge in [-0.25, -0.2) is 0 Å². The third kappa shape index (κ3) is 2.57. The molecule has 0 heterocycles. The van der Waals surface area contributed by atoms with E-state index < -0.39 is 0 Å². The van der Waals surface area contributed by atoms with Gasteiger partial charge in [-0.3, -0.25) is 0 Å². The van der Waals surface area contributed by atoms with Crippen LogP contribution in [0.3, 0.4) is 0 Å². The van der Waals surface area contributed by atoms with Crippen LogP contribution in [-0.2, 0) is 0 Å². The van der Waals surface area contributed by atoms with Gasteiger partial charge in [0.05, 0.1) is 11.1 Å². The number of benzene rings is 1. The molecule has 15 heavy (non-hydrogen) atoms. The number of para-hydroxylation sites is 1. The quantitative estimate of drug-likeness (QED) is 0.832. The predicted molar refractivity (Wildman–Crippen MR) is 60.6 cm³/mol. The third-order valence-electron chi connectivity index (χ3n) is 2.80. The normalized spacial score (nSPS) is 17.7. The third-order valence-corrected chi connectivity index (χ3v) is 3.10. The largest absolute Gasteiger partial charge is 0.503 e. The van der Waals surface area contributed by atoms with Gasteiger partial charge in [-0.2, -0.15) is 0 Å². The van der Waals surface area contributed by atoms with Crippen molar-refractivity contribution in [2.45, 2.75) is 38.2 Å². The van der Waals surface area contributed by atoms with Crippen LogP contribution in [0.2, 0.25) is 5.02 Å². The molecule has 2 nitrogen and oxygen atoms in total. The first-order valence-electron chi connectivity index (χ1n) is 5.41. The lowest BCUT2D eigenvalue weighted by molar-refractivity contribution is 0.150. The molecule has 1 N–H and O–H groups in total. The zero-order valence-electron chi connectivity index (χ0n) is 8.58. The van der Waals surface area contributed by atoms with Gasteiger partial charge in [-0.15, -0.1) is 0 Å². The fourth-order valence-corrected chi connectivity index (χ4v) is 2.12. The SMILES string of the molecule is Oc1c(Cl)cccc1OC1CCCCC1. The maximum absolute atomic E-state index is 9.67. The van der Waals surface area contributed by atoms with Gasteiger partial charge in [0.25, 0.3) is 0 Å². The summed E-state index contributed by atoms with van der Waals surface area (Å²) in [6.07, 6.45) is 6.11. The second kappa shape index (κ2) is 4.75. The topological polar surface area (TPSA) is 29.5 Å². The summed E-state index contributed by atoms with van der Waals surface area (Å²) in [7, 11) is 0. The van der Waals surface area contributed by atoms with E-state index in [1.807, 2.05) is 0 Å². The maximum Gasteiger partial charge on any atom is 0.176 e. The Labute approximate surface area is 94.8 Å². The monoisotopic (exact) mass is 226 g/mol. The average Bonchev–Trinajstić information content (AvgIpc) is 2.26. The first-order chi connectivity index (χ1) is 7.27. The standard InChI is InChI=1S/C12H15ClO2/c13-10-7-4-8-11(12(10)14)15-9-5-2-1-3-6-9/h4,7-9,14H,1-3,5-6H2. The highest BCUT2D eigenvalue weighted by Gasteiger charge is 2.16. The van der Waals surface area contributed by atoms with Gasteiger partial charge in [0.1, 0.15) is 0 Å². The lowest BCUT2D eigenvalue weighted by Gasteiger charge is -2.23. The Morgan fingerprint density at radius 2 is 1.93 bits per heavy atom. The lowest BCUT2D eigenvalue weighted by Crippen LogP contribution is -2.19. The fourth-order valence-electron chi connectivity index (χ4n) is 1.95. The van der Waals surface area contributed by atoms with Crippen molar-refractivity contribution in [1.29, 1.82) is 0 Å². The Morgan fingerprint density at radius 1 is 1.20 bits per heavy atom. The van der Waals surface area contributed by atoms with Gasteiger partial charge >= 0.3 is 0 Å². The molecule has 1 aliphatic carbocycles. The first-order valence-corrected chi connectivity index (χ1v) is 5.79. The highest BCUT2D eigenvalue weighted by Crippen LogP contribution is 2.35. The van der Waals surface area contributed by atoms with E-state index in [-0.39, 0.29) is 11.9 Å². The summed E-state index contributed by atoms with van der Waals surface area (Å²) in [5.41, 5.74) is 0. The van der Waals surface area contributed by atoms with Crippen LogP contribution in [0.15, 0.2) is 18.2 Å². The zero-order chi connectivity index (χ0) is 10.7. The molecule has 0 saturated heterocycles. The minimum atomic E-state index is 0.0599. The van der Waals surface area contributed by atoms with Crippen LogP contribution < -0.4 is 4.74 Å². The van der Waals surface area contributed by atoms with E-state index in [9.17, 15) is 5.11 Å². The van der Waals surface area contributed by atoms with Gasteiger partial charge in [0.15, 0.2) is 11.5 Å². The van der Waals surface area contributed by atoms with E-state index >= 15 is 0 Å². The van der Waals surface area contributed by atoms with Gasteiger partial charge in [-0.05, 0) is 37.8 Å². The van der Waals surface area contributed by atoms with Gasteiger partial charge < -0.3 is 9.84 Å². The van der Waals surface area contributed by atoms with Crippen molar-refractivity contribution in [3.05, 3.63) is 23.2 Å². The molecule has 0 unspecified atom stereocenters. The van der Waals surface area contributed by atoms with Crippen molar-refractivity contribution in [3.8, 4) is 11.5 Å². The molecule has 0 radical (unpaired) electrons. The Kier molecular flexibility index (Phi) is 3.37. The molecule has 1 aromatic rings. The molecular formula is C12H15ClO2. The van der Waals surface area contributed by atoms with Crippen LogP contribution in [0.4, 0.5) is 0 Å². The van der Waals surface area contributed by atoms with E-state index in [2.05, 4.69) is 0 Å². The number of phenolic OH excluding ortho intramolecular Hbond substituents is 1. The van der Waals surface area contributed by atoms with Crippen molar-refractivity contribution in [2.75, 3.05) is 0 Å². The van der Waals surface area contributed by atoms with Crippen molar-refractivity contribution in [3.63, 3.8) is 0 Å². The smallest absolute Gasteiger partial charge is 0.176 e. The molecule has 1 aromatic carbocycles. The second-order valence-corrected chi connectivity index (χ2v) is 4.37. The molecule has 0 spiro atoms. The van der Waals surface area contributed by atoms with Gasteiger partial charge in [0, 0.05) is 0 Å². The Balaban J connectivity index is 2.06. The molecular weight excluding hydrogens is 212 g/mol. The van der Waals surface area contributed by atoms with E-state index in [0.717, 1.165) is 12.8 Å². The summed E-state index contributed by atoms with van der Waals surface area (Å²) in [6, 6.07) is 5.21. The predicted octanol–water partition coefficient (Wildman–Crippen LogP) is 3.76. The van der Waals surface area contributed by atoms with Gasteiger partial charge in [-0.1, -0.05) is 24.1 Å². The summed E-state index contributed by atoms with van der Waals surface area (Å²) in [6.45, 7) is 0. The summed E-state index contributed by atoms with van der Waals surface area (Å²) < 4.78 is 5.73. The van der Waals surface area contributed by atoms with Crippen LogP contribution in [0, 0.1) is 0 Å². The highest BCUT2D eigenvalue weighted by atomic mass is 35.5. The van der Waals surface area contributed by atoms with E-state index in [4.69, 9.17) is 16.3 Å². The first kappa shape index (κ1) is 10.6. The van der Waals surface area contributed by atoms with Crippen LogP contribution in [-0.4, -0.2) is 11.2 Å². The summed E-state index contributed by atoms with van der Waals surface area (Å²) in [5.74, 6) is 0.569. The Hall–Kier alpha value is -0.890. The molecule has 1 aliphatic rings. The summed E-state index contributed by atoms with van der Waals surface area (Å²) in [4.78, 5) is 0. The van der Waals surface area contributed by atoms with Crippen LogP contribution >= 0.6 is 11.6 Å². The summed E-state index contributed by atoms with van der Waals surface area (Å²) in [5, 5.41) is 10.0. The minimum absolute atomic E-state index is 0.0599. The van der Waals surface area contributed by atoms with Crippen molar-refractivity contribution in [2.24, 2.45) is 0 Å². The van der Waals surface area contributed by atoms with Crippen molar-refractivity contribution < 1.29 is 9.84 Å². The zero-order valence-corrected chi connectivity index (χ0v) is 9.33. The lowest BCUT2D eigenvalue weighted by atomic mass is 9.98. The van der Waals surface area contributed by atoms with Crippen LogP contribution in [0.1, 0.15) is 32.1 Å². The molecule has 1 saturated carbocycles. The second-order valence-electron chi connectivity index (χ2n) is 3.96. The number of halogens is 1. The van der Waals surface area contributed by atoms with Crippen LogP contribution in [0.5, 0.6) is 11.5 Å². The molecule has 2 rings (SSSR count). The van der Waals surface area contributed by atoms with E-state index in [1.54, 1.807) is 18.2 Å². The molecule has 82 valence electrons. The molecule has 0 aromatic heterocycles. The van der Waals surface area contributed by atoms with E-state index in [1.165, 1.54) is 19.3 Å². The van der Waals surface area contributed by atoms with Gasteiger partial charge in [0.2, 0.25) is 0 Å². The molecule has 0 atom stereocenters. The number of phenols is 1. The maximum atomic E-state index is 9.67. The Bertz CT molecular complexity index is 332. The minimum Gasteiger partial charge on any atom is -0.503 e. The van der Waals surface area contributed by atoms with Crippen molar-refractivity contribution in [1.82, 2.24) is 0 Å². The molecule has 0 bridgehead atoms. The average molecular weight is 227 g/mol. The Morgan fingerprint density at radius 3 is 2.67 bits per heavy atom. The number of aromatic hydroxyl groups is 1. The number of ether oxygens (including phenoxy) is 1. The van der Waals surface area contributed by atoms with Crippen molar-refractivity contribution >= 4 is 11.6 Å². The molecule has 3 heteroatoms. The molecule has 0 amide bonds. The number of rotatable bonds is 2. The number of hydrogen-bond acceptors (Lipinski definition) is 2. The van der Waals surface area contributed by atoms with E-state index in [0.29, 0.717) is 10.8 Å². The summed E-state index contributed by atoms with van der Waals surface area (Å²) >= 11 is 5.80. The number of hydrogen-bond donors (Lipinski definition) is 1.